The summed E-state index contributed by atoms with van der Waals surface area (Å²) in [5.74, 6) is 0.955. The number of hydrogen-bond donors (Lipinski definition) is 0. The third kappa shape index (κ3) is 4.58. The molecule has 0 spiro atoms. The molecule has 140 valence electrons. The normalized spacial score (nSPS) is 13.3. The van der Waals surface area contributed by atoms with Crippen LogP contribution in [0.25, 0.3) is 11.2 Å². The van der Waals surface area contributed by atoms with E-state index in [1.54, 1.807) is 19.9 Å². The summed E-state index contributed by atoms with van der Waals surface area (Å²) in [6.07, 6.45) is 2.27. The van der Waals surface area contributed by atoms with Crippen molar-refractivity contribution >= 4 is 21.0 Å². The number of fused-ring (bicyclic) bond motifs is 1. The Labute approximate surface area is 151 Å². The predicted molar refractivity (Wildman–Crippen MR) is 102 cm³/mol. The number of likely N-dealkylation sites (N-methyl/N-ethyl adjacent to an activating group) is 1. The van der Waals surface area contributed by atoms with Crippen molar-refractivity contribution in [1.29, 1.82) is 0 Å². The summed E-state index contributed by atoms with van der Waals surface area (Å²) >= 11 is 0. The van der Waals surface area contributed by atoms with Gasteiger partial charge in [-0.05, 0) is 39.4 Å². The standard InChI is InChI=1S/C18H30N4O2S/c1-13(2)25(23,24)14-10-15-17(19-12-14)22(9-8-21(6)7)16(20-15)11-18(3,4)5/h10,12-13H,8-9,11H2,1-7H3. The highest BCUT2D eigenvalue weighted by Gasteiger charge is 2.23. The molecule has 2 heterocycles. The smallest absolute Gasteiger partial charge is 0.182 e. The largest absolute Gasteiger partial charge is 0.311 e. The lowest BCUT2D eigenvalue weighted by Crippen LogP contribution is -2.21. The van der Waals surface area contributed by atoms with E-state index >= 15 is 0 Å². The third-order valence-electron chi connectivity index (χ3n) is 4.05. The van der Waals surface area contributed by atoms with Gasteiger partial charge in [0.05, 0.1) is 10.1 Å². The van der Waals surface area contributed by atoms with Crippen molar-refractivity contribution in [3.8, 4) is 0 Å². The van der Waals surface area contributed by atoms with Gasteiger partial charge in [-0.1, -0.05) is 20.8 Å². The van der Waals surface area contributed by atoms with E-state index in [1.807, 2.05) is 14.1 Å². The Kier molecular flexibility index (Phi) is 5.59. The van der Waals surface area contributed by atoms with Crippen LogP contribution in [0.2, 0.25) is 0 Å². The molecule has 2 aromatic rings. The number of imidazole rings is 1. The predicted octanol–water partition coefficient (Wildman–Crippen LogP) is 2.76. The van der Waals surface area contributed by atoms with Crippen LogP contribution >= 0.6 is 0 Å². The Morgan fingerprint density at radius 1 is 1.24 bits per heavy atom. The van der Waals surface area contributed by atoms with Gasteiger partial charge >= 0.3 is 0 Å². The zero-order valence-electron chi connectivity index (χ0n) is 16.4. The minimum Gasteiger partial charge on any atom is -0.311 e. The van der Waals surface area contributed by atoms with Crippen molar-refractivity contribution in [3.63, 3.8) is 0 Å². The first-order valence-electron chi connectivity index (χ1n) is 8.65. The summed E-state index contributed by atoms with van der Waals surface area (Å²) < 4.78 is 27.0. The molecule has 0 N–H and O–H groups in total. The molecule has 0 amide bonds. The lowest BCUT2D eigenvalue weighted by atomic mass is 9.92. The molecule has 0 saturated carbocycles. The van der Waals surface area contributed by atoms with E-state index in [9.17, 15) is 8.42 Å². The lowest BCUT2D eigenvalue weighted by molar-refractivity contribution is 0.364. The molecule has 2 aromatic heterocycles. The van der Waals surface area contributed by atoms with Crippen LogP contribution in [0.3, 0.4) is 0 Å². The summed E-state index contributed by atoms with van der Waals surface area (Å²) in [5, 5.41) is -0.475. The summed E-state index contributed by atoms with van der Waals surface area (Å²) in [6.45, 7) is 11.5. The van der Waals surface area contributed by atoms with Crippen LogP contribution < -0.4 is 0 Å². The average Bonchev–Trinajstić information content (AvgIpc) is 2.78. The summed E-state index contributed by atoms with van der Waals surface area (Å²) in [7, 11) is 0.709. The van der Waals surface area contributed by atoms with Crippen LogP contribution in [0, 0.1) is 5.41 Å². The Morgan fingerprint density at radius 3 is 2.40 bits per heavy atom. The van der Waals surface area contributed by atoms with E-state index in [-0.39, 0.29) is 10.3 Å². The number of sulfone groups is 1. The highest BCUT2D eigenvalue weighted by molar-refractivity contribution is 7.92. The topological polar surface area (TPSA) is 68.1 Å². The molecule has 0 saturated heterocycles. The molecule has 0 aliphatic heterocycles. The summed E-state index contributed by atoms with van der Waals surface area (Å²) in [6, 6.07) is 1.66. The molecule has 0 bridgehead atoms. The van der Waals surface area contributed by atoms with Crippen molar-refractivity contribution < 1.29 is 8.42 Å². The Bertz CT molecular complexity index is 846. The first kappa shape index (κ1) is 19.8. The lowest BCUT2D eigenvalue weighted by Gasteiger charge is -2.19. The number of rotatable bonds is 6. The van der Waals surface area contributed by atoms with E-state index in [1.165, 1.54) is 6.20 Å². The molecule has 0 radical (unpaired) electrons. The summed E-state index contributed by atoms with van der Waals surface area (Å²) in [4.78, 5) is 11.5. The van der Waals surface area contributed by atoms with Gasteiger partial charge in [0.1, 0.15) is 11.3 Å². The van der Waals surface area contributed by atoms with Crippen LogP contribution in [-0.2, 0) is 22.8 Å². The van der Waals surface area contributed by atoms with Crippen molar-refractivity contribution in [2.24, 2.45) is 5.41 Å². The highest BCUT2D eigenvalue weighted by atomic mass is 32.2. The van der Waals surface area contributed by atoms with Crippen molar-refractivity contribution in [2.45, 2.75) is 57.7 Å². The maximum atomic E-state index is 12.4. The number of hydrogen-bond acceptors (Lipinski definition) is 5. The van der Waals surface area contributed by atoms with E-state index in [0.29, 0.717) is 5.52 Å². The van der Waals surface area contributed by atoms with Gasteiger partial charge in [0, 0.05) is 25.7 Å². The second kappa shape index (κ2) is 7.03. The maximum absolute atomic E-state index is 12.4. The molecule has 0 aliphatic carbocycles. The SMILES string of the molecule is CC(C)S(=O)(=O)c1cnc2c(c1)nc(CC(C)(C)C)n2CCN(C)C. The molecular weight excluding hydrogens is 336 g/mol. The molecule has 7 heteroatoms. The van der Waals surface area contributed by atoms with Crippen molar-refractivity contribution in [1.82, 2.24) is 19.4 Å². The van der Waals surface area contributed by atoms with E-state index < -0.39 is 15.1 Å². The number of nitrogens with zero attached hydrogens (tertiary/aromatic N) is 4. The van der Waals surface area contributed by atoms with Crippen molar-refractivity contribution in [2.75, 3.05) is 20.6 Å². The average molecular weight is 367 g/mol. The fraction of sp³-hybridized carbons (Fsp3) is 0.667. The fourth-order valence-electron chi connectivity index (χ4n) is 2.61. The van der Waals surface area contributed by atoms with Crippen LogP contribution in [0.5, 0.6) is 0 Å². The molecule has 0 aromatic carbocycles. The van der Waals surface area contributed by atoms with Gasteiger partial charge < -0.3 is 9.47 Å². The van der Waals surface area contributed by atoms with Crippen LogP contribution in [0.15, 0.2) is 17.2 Å². The number of aromatic nitrogens is 3. The van der Waals surface area contributed by atoms with Crippen LogP contribution in [0.1, 0.15) is 40.4 Å². The van der Waals surface area contributed by atoms with Gasteiger partial charge in [0.25, 0.3) is 0 Å². The minimum absolute atomic E-state index is 0.0874. The molecule has 2 rings (SSSR count). The van der Waals surface area contributed by atoms with Gasteiger partial charge in [-0.2, -0.15) is 0 Å². The number of pyridine rings is 1. The second-order valence-electron chi connectivity index (χ2n) is 8.33. The zero-order chi connectivity index (χ0) is 19.0. The molecule has 0 unspecified atom stereocenters. The first-order valence-corrected chi connectivity index (χ1v) is 10.2. The minimum atomic E-state index is -3.35. The maximum Gasteiger partial charge on any atom is 0.182 e. The van der Waals surface area contributed by atoms with Crippen LogP contribution in [-0.4, -0.2) is 53.7 Å². The Morgan fingerprint density at radius 2 is 1.88 bits per heavy atom. The molecule has 0 aliphatic rings. The fourth-order valence-corrected chi connectivity index (χ4v) is 3.63. The Hall–Kier alpha value is -1.47. The molecule has 25 heavy (non-hydrogen) atoms. The summed E-state index contributed by atoms with van der Waals surface area (Å²) in [5.41, 5.74) is 1.49. The third-order valence-corrected chi connectivity index (χ3v) is 6.17. The van der Waals surface area contributed by atoms with Gasteiger partial charge in [0.2, 0.25) is 0 Å². The van der Waals surface area contributed by atoms with Gasteiger partial charge in [0.15, 0.2) is 15.5 Å². The highest BCUT2D eigenvalue weighted by Crippen LogP contribution is 2.25. The van der Waals surface area contributed by atoms with E-state index in [4.69, 9.17) is 4.98 Å². The van der Waals surface area contributed by atoms with Gasteiger partial charge in [-0.15, -0.1) is 0 Å². The van der Waals surface area contributed by atoms with Crippen LogP contribution in [0.4, 0.5) is 0 Å². The van der Waals surface area contributed by atoms with Gasteiger partial charge in [-0.25, -0.2) is 18.4 Å². The first-order chi connectivity index (χ1) is 11.4. The molecule has 0 fully saturated rings. The second-order valence-corrected chi connectivity index (χ2v) is 10.8. The van der Waals surface area contributed by atoms with E-state index in [2.05, 4.69) is 35.2 Å². The van der Waals surface area contributed by atoms with Gasteiger partial charge in [-0.3, -0.25) is 0 Å². The molecule has 0 atom stereocenters. The quantitative estimate of drug-likeness (QED) is 0.786. The van der Waals surface area contributed by atoms with Crippen molar-refractivity contribution in [3.05, 3.63) is 18.1 Å². The monoisotopic (exact) mass is 366 g/mol. The molecular formula is C18H30N4O2S. The van der Waals surface area contributed by atoms with E-state index in [0.717, 1.165) is 31.0 Å². The Balaban J connectivity index is 2.56. The zero-order valence-corrected chi connectivity index (χ0v) is 17.2. The molecule has 6 nitrogen and oxygen atoms in total.